The van der Waals surface area contributed by atoms with Gasteiger partial charge in [0, 0.05) is 6.04 Å². The van der Waals surface area contributed by atoms with E-state index >= 15 is 0 Å². The van der Waals surface area contributed by atoms with Crippen molar-refractivity contribution in [2.75, 3.05) is 7.11 Å². The topological polar surface area (TPSA) is 55.4 Å². The Balaban J connectivity index is 2.28. The lowest BCUT2D eigenvalue weighted by molar-refractivity contribution is 0.310. The maximum atomic E-state index is 12.6. The minimum absolute atomic E-state index is 0.0268. The summed E-state index contributed by atoms with van der Waals surface area (Å²) >= 11 is 0. The van der Waals surface area contributed by atoms with Crippen molar-refractivity contribution in [3.05, 3.63) is 23.8 Å². The largest absolute Gasteiger partial charge is 0.495 e. The molecule has 0 aromatic heterocycles. The molecule has 1 N–H and O–H groups in total. The number of sulfonamides is 1. The van der Waals surface area contributed by atoms with E-state index < -0.39 is 10.0 Å². The molecular formula is C15H23NO3S. The Morgan fingerprint density at radius 3 is 2.60 bits per heavy atom. The van der Waals surface area contributed by atoms with Gasteiger partial charge >= 0.3 is 0 Å². The van der Waals surface area contributed by atoms with Crippen LogP contribution < -0.4 is 9.46 Å². The fraction of sp³-hybridized carbons (Fsp3) is 0.600. The van der Waals surface area contributed by atoms with Gasteiger partial charge in [-0.15, -0.1) is 0 Å². The number of methoxy groups -OCH3 is 1. The van der Waals surface area contributed by atoms with Crippen LogP contribution in [0.25, 0.3) is 0 Å². The summed E-state index contributed by atoms with van der Waals surface area (Å²) in [6.07, 6.45) is 4.27. The van der Waals surface area contributed by atoms with Crippen LogP contribution >= 0.6 is 0 Å². The second-order valence-corrected chi connectivity index (χ2v) is 7.33. The molecule has 1 fully saturated rings. The van der Waals surface area contributed by atoms with Gasteiger partial charge in [-0.3, -0.25) is 0 Å². The Hall–Kier alpha value is -1.07. The zero-order valence-electron chi connectivity index (χ0n) is 12.3. The Labute approximate surface area is 121 Å². The number of hydrogen-bond donors (Lipinski definition) is 1. The van der Waals surface area contributed by atoms with Gasteiger partial charge in [0.15, 0.2) is 0 Å². The first-order valence-electron chi connectivity index (χ1n) is 7.11. The molecule has 0 spiro atoms. The van der Waals surface area contributed by atoms with E-state index in [9.17, 15) is 8.42 Å². The molecule has 1 saturated carbocycles. The number of rotatable bonds is 4. The highest BCUT2D eigenvalue weighted by Gasteiger charge is 2.28. The number of nitrogens with one attached hydrogen (secondary N) is 1. The van der Waals surface area contributed by atoms with Crippen LogP contribution in [0.3, 0.4) is 0 Å². The Kier molecular flexibility index (Phi) is 4.70. The summed E-state index contributed by atoms with van der Waals surface area (Å²) in [5, 5.41) is 0. The second-order valence-electron chi connectivity index (χ2n) is 5.64. The lowest BCUT2D eigenvalue weighted by atomic mass is 9.87. The van der Waals surface area contributed by atoms with Crippen LogP contribution in [0.1, 0.15) is 38.2 Å². The molecule has 0 aliphatic heterocycles. The van der Waals surface area contributed by atoms with Crippen LogP contribution in [0.5, 0.6) is 5.75 Å². The first-order valence-corrected chi connectivity index (χ1v) is 8.59. The van der Waals surface area contributed by atoms with E-state index in [0.717, 1.165) is 24.8 Å². The smallest absolute Gasteiger partial charge is 0.244 e. The standard InChI is InChI=1S/C15H23NO3S/c1-11-8-9-14(19-3)15(10-11)20(17,18)16-13-7-5-4-6-12(13)2/h8-10,12-13,16H,4-7H2,1-3H3/t12-,13-/m0/s1. The fourth-order valence-electron chi connectivity index (χ4n) is 2.75. The zero-order valence-corrected chi connectivity index (χ0v) is 13.2. The quantitative estimate of drug-likeness (QED) is 0.929. The van der Waals surface area contributed by atoms with Crippen LogP contribution in [-0.2, 0) is 10.0 Å². The summed E-state index contributed by atoms with van der Waals surface area (Å²) < 4.78 is 33.2. The molecule has 112 valence electrons. The third-order valence-electron chi connectivity index (χ3n) is 4.03. The van der Waals surface area contributed by atoms with Gasteiger partial charge in [0.05, 0.1) is 7.11 Å². The van der Waals surface area contributed by atoms with Gasteiger partial charge in [-0.2, -0.15) is 0 Å². The monoisotopic (exact) mass is 297 g/mol. The lowest BCUT2D eigenvalue weighted by Crippen LogP contribution is -2.41. The minimum Gasteiger partial charge on any atom is -0.495 e. The van der Waals surface area contributed by atoms with E-state index in [4.69, 9.17) is 4.74 Å². The zero-order chi connectivity index (χ0) is 14.8. The predicted octanol–water partition coefficient (Wildman–Crippen LogP) is 2.86. The van der Waals surface area contributed by atoms with Crippen LogP contribution in [0.2, 0.25) is 0 Å². The molecule has 5 heteroatoms. The fourth-order valence-corrected chi connectivity index (χ4v) is 4.38. The van der Waals surface area contributed by atoms with Gasteiger partial charge in [-0.25, -0.2) is 13.1 Å². The summed E-state index contributed by atoms with van der Waals surface area (Å²) in [5.74, 6) is 0.779. The molecule has 1 aliphatic rings. The molecular weight excluding hydrogens is 274 g/mol. The van der Waals surface area contributed by atoms with Crippen molar-refractivity contribution in [2.24, 2.45) is 5.92 Å². The molecule has 20 heavy (non-hydrogen) atoms. The number of ether oxygens (including phenoxy) is 1. The SMILES string of the molecule is COc1ccc(C)cc1S(=O)(=O)N[C@H]1CCCC[C@@H]1C. The maximum Gasteiger partial charge on any atom is 0.244 e. The van der Waals surface area contributed by atoms with Crippen molar-refractivity contribution >= 4 is 10.0 Å². The Morgan fingerprint density at radius 1 is 1.25 bits per heavy atom. The van der Waals surface area contributed by atoms with Crippen LogP contribution in [0.15, 0.2) is 23.1 Å². The predicted molar refractivity (Wildman–Crippen MR) is 79.5 cm³/mol. The minimum atomic E-state index is -3.53. The normalized spacial score (nSPS) is 23.6. The molecule has 0 unspecified atom stereocenters. The highest BCUT2D eigenvalue weighted by molar-refractivity contribution is 7.89. The van der Waals surface area contributed by atoms with Crippen molar-refractivity contribution in [3.63, 3.8) is 0 Å². The Bertz CT molecular complexity index is 568. The molecule has 1 aromatic carbocycles. The summed E-state index contributed by atoms with van der Waals surface area (Å²) in [5.41, 5.74) is 0.905. The molecule has 0 heterocycles. The van der Waals surface area contributed by atoms with Gasteiger partial charge in [0.25, 0.3) is 0 Å². The van der Waals surface area contributed by atoms with Crippen molar-refractivity contribution in [1.29, 1.82) is 0 Å². The number of benzene rings is 1. The third-order valence-corrected chi connectivity index (χ3v) is 5.54. The van der Waals surface area contributed by atoms with Crippen molar-refractivity contribution in [2.45, 2.75) is 50.5 Å². The average molecular weight is 297 g/mol. The molecule has 0 saturated heterocycles. The summed E-state index contributed by atoms with van der Waals surface area (Å²) in [7, 11) is -2.04. The molecule has 0 radical (unpaired) electrons. The summed E-state index contributed by atoms with van der Waals surface area (Å²) in [6, 6.07) is 5.24. The van der Waals surface area contributed by atoms with E-state index in [1.807, 2.05) is 13.0 Å². The van der Waals surface area contributed by atoms with Gasteiger partial charge in [-0.05, 0) is 43.4 Å². The highest BCUT2D eigenvalue weighted by atomic mass is 32.2. The molecule has 0 bridgehead atoms. The first kappa shape index (κ1) is 15.3. The van der Waals surface area contributed by atoms with Crippen LogP contribution in [0, 0.1) is 12.8 Å². The molecule has 0 amide bonds. The van der Waals surface area contributed by atoms with Crippen molar-refractivity contribution in [3.8, 4) is 5.75 Å². The van der Waals surface area contributed by atoms with E-state index in [-0.39, 0.29) is 10.9 Å². The van der Waals surface area contributed by atoms with E-state index in [0.29, 0.717) is 11.7 Å². The number of hydrogen-bond acceptors (Lipinski definition) is 3. The van der Waals surface area contributed by atoms with E-state index in [1.54, 1.807) is 12.1 Å². The highest BCUT2D eigenvalue weighted by Crippen LogP contribution is 2.28. The molecule has 1 aliphatic carbocycles. The Morgan fingerprint density at radius 2 is 1.95 bits per heavy atom. The average Bonchev–Trinajstić information content (AvgIpc) is 2.41. The van der Waals surface area contributed by atoms with E-state index in [1.165, 1.54) is 13.5 Å². The van der Waals surface area contributed by atoms with E-state index in [2.05, 4.69) is 11.6 Å². The summed E-state index contributed by atoms with van der Waals surface area (Å²) in [6.45, 7) is 3.99. The molecule has 1 aromatic rings. The molecule has 2 atom stereocenters. The van der Waals surface area contributed by atoms with Crippen molar-refractivity contribution < 1.29 is 13.2 Å². The van der Waals surface area contributed by atoms with Gasteiger partial charge in [0.2, 0.25) is 10.0 Å². The summed E-state index contributed by atoms with van der Waals surface area (Å²) in [4.78, 5) is 0.234. The van der Waals surface area contributed by atoms with Crippen molar-refractivity contribution in [1.82, 2.24) is 4.72 Å². The maximum absolute atomic E-state index is 12.6. The number of aryl methyl sites for hydroxylation is 1. The van der Waals surface area contributed by atoms with Crippen LogP contribution in [-0.4, -0.2) is 21.6 Å². The molecule has 2 rings (SSSR count). The second kappa shape index (κ2) is 6.14. The van der Waals surface area contributed by atoms with Gasteiger partial charge < -0.3 is 4.74 Å². The van der Waals surface area contributed by atoms with Gasteiger partial charge in [0.1, 0.15) is 10.6 Å². The molecule has 4 nitrogen and oxygen atoms in total. The lowest BCUT2D eigenvalue weighted by Gasteiger charge is -2.29. The van der Waals surface area contributed by atoms with Crippen LogP contribution in [0.4, 0.5) is 0 Å². The van der Waals surface area contributed by atoms with Gasteiger partial charge in [-0.1, -0.05) is 25.8 Å². The first-order chi connectivity index (χ1) is 9.44. The third kappa shape index (κ3) is 3.33.